The Morgan fingerprint density at radius 1 is 1.41 bits per heavy atom. The topological polar surface area (TPSA) is 29.9 Å². The van der Waals surface area contributed by atoms with Gasteiger partial charge in [0.15, 0.2) is 0 Å². The summed E-state index contributed by atoms with van der Waals surface area (Å²) in [6.07, 6.45) is -4.27. The molecule has 1 N–H and O–H groups in total. The van der Waals surface area contributed by atoms with Crippen LogP contribution in [0.5, 0.6) is 0 Å². The van der Waals surface area contributed by atoms with Crippen molar-refractivity contribution in [1.82, 2.24) is 15.1 Å². The highest BCUT2D eigenvalue weighted by atomic mass is 35.5. The molecule has 17 heavy (non-hydrogen) atoms. The van der Waals surface area contributed by atoms with Crippen LogP contribution in [0.2, 0.25) is 5.02 Å². The maximum absolute atomic E-state index is 11.9. The number of rotatable bonds is 5. The van der Waals surface area contributed by atoms with Gasteiger partial charge in [0.2, 0.25) is 0 Å². The van der Waals surface area contributed by atoms with Crippen LogP contribution in [0.1, 0.15) is 24.7 Å². The van der Waals surface area contributed by atoms with Crippen LogP contribution in [-0.4, -0.2) is 22.5 Å². The van der Waals surface area contributed by atoms with Gasteiger partial charge in [-0.15, -0.1) is 0 Å². The predicted octanol–water partition coefficient (Wildman–Crippen LogP) is 2.68. The van der Waals surface area contributed by atoms with Crippen molar-refractivity contribution in [3.8, 4) is 0 Å². The summed E-state index contributed by atoms with van der Waals surface area (Å²) < 4.78 is 37.3. The molecule has 0 fully saturated rings. The standard InChI is InChI=1S/C10H15ClF3N3/c1-3-7-9(11)8(17(2)16-7)6-15-5-4-10(12,13)14/h15H,3-6H2,1-2H3. The third-order valence-electron chi connectivity index (χ3n) is 2.38. The van der Waals surface area contributed by atoms with Crippen LogP contribution in [0, 0.1) is 0 Å². The summed E-state index contributed by atoms with van der Waals surface area (Å²) in [5.41, 5.74) is 1.48. The van der Waals surface area contributed by atoms with Crippen molar-refractivity contribution in [3.63, 3.8) is 0 Å². The number of aromatic nitrogens is 2. The smallest absolute Gasteiger partial charge is 0.311 e. The van der Waals surface area contributed by atoms with Crippen molar-refractivity contribution in [2.75, 3.05) is 6.54 Å². The van der Waals surface area contributed by atoms with Gasteiger partial charge in [-0.3, -0.25) is 4.68 Å². The van der Waals surface area contributed by atoms with Crippen molar-refractivity contribution >= 4 is 11.6 Å². The van der Waals surface area contributed by atoms with Gasteiger partial charge in [0, 0.05) is 20.1 Å². The molecule has 98 valence electrons. The minimum absolute atomic E-state index is 0.119. The zero-order chi connectivity index (χ0) is 13.1. The fourth-order valence-electron chi connectivity index (χ4n) is 1.45. The molecule has 0 amide bonds. The normalized spacial score (nSPS) is 12.1. The van der Waals surface area contributed by atoms with E-state index in [-0.39, 0.29) is 6.54 Å². The minimum atomic E-state index is -4.13. The van der Waals surface area contributed by atoms with Crippen molar-refractivity contribution in [1.29, 1.82) is 0 Å². The van der Waals surface area contributed by atoms with Crippen LogP contribution in [0.4, 0.5) is 13.2 Å². The summed E-state index contributed by atoms with van der Waals surface area (Å²) in [5.74, 6) is 0. The van der Waals surface area contributed by atoms with E-state index in [4.69, 9.17) is 11.6 Å². The molecular formula is C10H15ClF3N3. The lowest BCUT2D eigenvalue weighted by Crippen LogP contribution is -2.22. The van der Waals surface area contributed by atoms with E-state index < -0.39 is 12.6 Å². The van der Waals surface area contributed by atoms with E-state index in [1.54, 1.807) is 11.7 Å². The number of alkyl halides is 3. The zero-order valence-electron chi connectivity index (χ0n) is 9.73. The Bertz CT molecular complexity index is 374. The lowest BCUT2D eigenvalue weighted by atomic mass is 10.3. The quantitative estimate of drug-likeness (QED) is 0.833. The lowest BCUT2D eigenvalue weighted by molar-refractivity contribution is -0.133. The van der Waals surface area contributed by atoms with Gasteiger partial charge in [0.05, 0.1) is 22.8 Å². The number of hydrogen-bond donors (Lipinski definition) is 1. The molecule has 1 heterocycles. The van der Waals surface area contributed by atoms with E-state index in [9.17, 15) is 13.2 Å². The molecule has 0 atom stereocenters. The highest BCUT2D eigenvalue weighted by Crippen LogP contribution is 2.21. The molecule has 1 aromatic heterocycles. The van der Waals surface area contributed by atoms with Crippen molar-refractivity contribution in [3.05, 3.63) is 16.4 Å². The first-order chi connectivity index (χ1) is 7.85. The monoisotopic (exact) mass is 269 g/mol. The number of nitrogens with one attached hydrogen (secondary N) is 1. The van der Waals surface area contributed by atoms with E-state index in [0.717, 1.165) is 5.69 Å². The van der Waals surface area contributed by atoms with Crippen LogP contribution in [0.3, 0.4) is 0 Å². The van der Waals surface area contributed by atoms with Crippen molar-refractivity contribution in [2.45, 2.75) is 32.5 Å². The molecule has 7 heteroatoms. The third-order valence-corrected chi connectivity index (χ3v) is 2.82. The van der Waals surface area contributed by atoms with Crippen LogP contribution in [0.25, 0.3) is 0 Å². The molecule has 0 aliphatic rings. The summed E-state index contributed by atoms with van der Waals surface area (Å²) in [7, 11) is 1.73. The second-order valence-corrected chi connectivity index (χ2v) is 4.10. The Morgan fingerprint density at radius 3 is 2.53 bits per heavy atom. The van der Waals surface area contributed by atoms with Gasteiger partial charge in [0.25, 0.3) is 0 Å². The van der Waals surface area contributed by atoms with Gasteiger partial charge in [0.1, 0.15) is 0 Å². The van der Waals surface area contributed by atoms with E-state index in [0.29, 0.717) is 23.7 Å². The van der Waals surface area contributed by atoms with Gasteiger partial charge >= 0.3 is 6.18 Å². The van der Waals surface area contributed by atoms with Gasteiger partial charge in [-0.25, -0.2) is 0 Å². The average molecular weight is 270 g/mol. The average Bonchev–Trinajstić information content (AvgIpc) is 2.48. The molecule has 0 saturated heterocycles. The fraction of sp³-hybridized carbons (Fsp3) is 0.700. The molecule has 1 aromatic rings. The van der Waals surface area contributed by atoms with E-state index in [1.165, 1.54) is 0 Å². The molecule has 0 aliphatic carbocycles. The molecule has 0 spiro atoms. The molecule has 0 aliphatic heterocycles. The van der Waals surface area contributed by atoms with E-state index in [2.05, 4.69) is 10.4 Å². The first-order valence-electron chi connectivity index (χ1n) is 5.33. The van der Waals surface area contributed by atoms with Gasteiger partial charge < -0.3 is 5.32 Å². The molecule has 3 nitrogen and oxygen atoms in total. The molecular weight excluding hydrogens is 255 g/mol. The van der Waals surface area contributed by atoms with Crippen LogP contribution in [-0.2, 0) is 20.0 Å². The van der Waals surface area contributed by atoms with Gasteiger partial charge in [-0.05, 0) is 6.42 Å². The van der Waals surface area contributed by atoms with Crippen LogP contribution >= 0.6 is 11.6 Å². The first-order valence-corrected chi connectivity index (χ1v) is 5.70. The Hall–Kier alpha value is -0.750. The summed E-state index contributed by atoms with van der Waals surface area (Å²) in [6.45, 7) is 2.10. The number of nitrogens with zero attached hydrogens (tertiary/aromatic N) is 2. The molecule has 0 bridgehead atoms. The second-order valence-electron chi connectivity index (χ2n) is 3.73. The lowest BCUT2D eigenvalue weighted by Gasteiger charge is -2.08. The SMILES string of the molecule is CCc1nn(C)c(CNCCC(F)(F)F)c1Cl. The number of aryl methyl sites for hydroxylation is 2. The summed E-state index contributed by atoms with van der Waals surface area (Å²) in [6, 6.07) is 0. The molecule has 0 unspecified atom stereocenters. The third kappa shape index (κ3) is 4.20. The molecule has 0 saturated carbocycles. The Labute approximate surface area is 103 Å². The maximum Gasteiger partial charge on any atom is 0.390 e. The summed E-state index contributed by atoms with van der Waals surface area (Å²) >= 11 is 6.05. The first kappa shape index (κ1) is 14.3. The Morgan fingerprint density at radius 2 is 2.06 bits per heavy atom. The van der Waals surface area contributed by atoms with Gasteiger partial charge in [-0.1, -0.05) is 18.5 Å². The molecule has 1 rings (SSSR count). The zero-order valence-corrected chi connectivity index (χ0v) is 10.5. The van der Waals surface area contributed by atoms with Crippen molar-refractivity contribution < 1.29 is 13.2 Å². The van der Waals surface area contributed by atoms with Crippen molar-refractivity contribution in [2.24, 2.45) is 7.05 Å². The molecule has 0 aromatic carbocycles. The highest BCUT2D eigenvalue weighted by Gasteiger charge is 2.26. The predicted molar refractivity (Wildman–Crippen MR) is 60.0 cm³/mol. The maximum atomic E-state index is 11.9. The number of hydrogen-bond acceptors (Lipinski definition) is 2. The van der Waals surface area contributed by atoms with Crippen LogP contribution in [0.15, 0.2) is 0 Å². The molecule has 0 radical (unpaired) electrons. The Balaban J connectivity index is 2.50. The second kappa shape index (κ2) is 5.73. The summed E-state index contributed by atoms with van der Waals surface area (Å²) in [5, 5.41) is 7.43. The number of halogens is 4. The fourth-order valence-corrected chi connectivity index (χ4v) is 1.81. The van der Waals surface area contributed by atoms with Crippen LogP contribution < -0.4 is 5.32 Å². The largest absolute Gasteiger partial charge is 0.390 e. The highest BCUT2D eigenvalue weighted by molar-refractivity contribution is 6.31. The summed E-state index contributed by atoms with van der Waals surface area (Å²) in [4.78, 5) is 0. The minimum Gasteiger partial charge on any atom is -0.311 e. The van der Waals surface area contributed by atoms with Gasteiger partial charge in [-0.2, -0.15) is 18.3 Å². The van der Waals surface area contributed by atoms with E-state index in [1.807, 2.05) is 6.92 Å². The Kier molecular flexibility index (Phi) is 4.82. The van der Waals surface area contributed by atoms with E-state index >= 15 is 0 Å².